The van der Waals surface area contributed by atoms with Gasteiger partial charge in [-0.2, -0.15) is 5.10 Å². The van der Waals surface area contributed by atoms with Crippen molar-refractivity contribution >= 4 is 50.8 Å². The Kier molecular flexibility index (Phi) is 7.07. The van der Waals surface area contributed by atoms with Gasteiger partial charge in [-0.05, 0) is 45.8 Å². The van der Waals surface area contributed by atoms with Crippen molar-refractivity contribution in [2.75, 3.05) is 10.6 Å². The number of rotatable bonds is 6. The fourth-order valence-electron chi connectivity index (χ4n) is 3.13. The average Bonchev–Trinajstić information content (AvgIpc) is 3.21. The Hall–Kier alpha value is -3.62. The Morgan fingerprint density at radius 2 is 1.70 bits per heavy atom. The highest BCUT2D eigenvalue weighted by Crippen LogP contribution is 2.29. The number of benzene rings is 3. The summed E-state index contributed by atoms with van der Waals surface area (Å²) in [6.45, 7) is 0.270. The number of halogens is 2. The van der Waals surface area contributed by atoms with Crippen LogP contribution >= 0.6 is 27.5 Å². The van der Waals surface area contributed by atoms with Crippen LogP contribution in [0.25, 0.3) is 11.3 Å². The lowest BCUT2D eigenvalue weighted by molar-refractivity contribution is 0.102. The zero-order chi connectivity index (χ0) is 23.2. The van der Waals surface area contributed by atoms with Gasteiger partial charge in [-0.3, -0.25) is 9.89 Å². The largest absolute Gasteiger partial charge is 0.334 e. The Balaban J connectivity index is 1.38. The molecule has 7 nitrogen and oxygen atoms in total. The molecule has 0 spiro atoms. The molecule has 33 heavy (non-hydrogen) atoms. The second-order valence-electron chi connectivity index (χ2n) is 7.07. The standard InChI is InChI=1S/C24H19BrClN5O2/c25-20-21(16-8-2-1-3-9-16)30-31-22(20)23(32)28-17-10-6-7-15(13-17)14-27-24(33)29-19-12-5-4-11-18(19)26/h1-13H,14H2,(H,28,32)(H,30,31)(H2,27,29,33). The number of carbonyl (C=O) groups is 2. The fraction of sp³-hybridized carbons (Fsp3) is 0.0417. The van der Waals surface area contributed by atoms with E-state index in [0.29, 0.717) is 32.3 Å². The average molecular weight is 525 g/mol. The van der Waals surface area contributed by atoms with Gasteiger partial charge >= 0.3 is 6.03 Å². The van der Waals surface area contributed by atoms with E-state index in [0.717, 1.165) is 11.1 Å². The van der Waals surface area contributed by atoms with Crippen LogP contribution in [0.4, 0.5) is 16.2 Å². The summed E-state index contributed by atoms with van der Waals surface area (Å²) in [7, 11) is 0. The molecule has 0 bridgehead atoms. The molecular formula is C24H19BrClN5O2. The number of anilines is 2. The number of urea groups is 1. The summed E-state index contributed by atoms with van der Waals surface area (Å²) in [4.78, 5) is 25.0. The van der Waals surface area contributed by atoms with Gasteiger partial charge in [0.2, 0.25) is 0 Å². The third-order valence-corrected chi connectivity index (χ3v) is 5.84. The predicted octanol–water partition coefficient (Wildman–Crippen LogP) is 6.07. The molecule has 1 aromatic heterocycles. The molecule has 1 heterocycles. The van der Waals surface area contributed by atoms with Crippen LogP contribution in [-0.4, -0.2) is 22.1 Å². The van der Waals surface area contributed by atoms with Crippen LogP contribution in [0, 0.1) is 0 Å². The normalized spacial score (nSPS) is 10.5. The lowest BCUT2D eigenvalue weighted by Gasteiger charge is -2.10. The number of aromatic amines is 1. The van der Waals surface area contributed by atoms with Crippen LogP contribution in [0.15, 0.2) is 83.3 Å². The van der Waals surface area contributed by atoms with E-state index in [-0.39, 0.29) is 18.5 Å². The molecule has 4 rings (SSSR count). The molecule has 4 aromatic rings. The zero-order valence-electron chi connectivity index (χ0n) is 17.2. The second-order valence-corrected chi connectivity index (χ2v) is 8.27. The van der Waals surface area contributed by atoms with Crippen LogP contribution in [0.5, 0.6) is 0 Å². The van der Waals surface area contributed by atoms with Gasteiger partial charge in [0.05, 0.1) is 15.2 Å². The molecule has 0 aliphatic carbocycles. The molecule has 166 valence electrons. The molecule has 0 unspecified atom stereocenters. The maximum absolute atomic E-state index is 12.8. The summed E-state index contributed by atoms with van der Waals surface area (Å²) in [5.41, 5.74) is 3.80. The summed E-state index contributed by atoms with van der Waals surface area (Å²) >= 11 is 9.53. The van der Waals surface area contributed by atoms with Crippen molar-refractivity contribution in [3.05, 3.63) is 99.6 Å². The Bertz CT molecular complexity index is 1290. The predicted molar refractivity (Wildman–Crippen MR) is 133 cm³/mol. The summed E-state index contributed by atoms with van der Waals surface area (Å²) < 4.78 is 0.584. The minimum atomic E-state index is -0.382. The number of hydrogen-bond donors (Lipinski definition) is 4. The highest BCUT2D eigenvalue weighted by molar-refractivity contribution is 9.10. The van der Waals surface area contributed by atoms with E-state index in [1.165, 1.54) is 0 Å². The number of nitrogens with one attached hydrogen (secondary N) is 4. The quantitative estimate of drug-likeness (QED) is 0.246. The Labute approximate surface area is 203 Å². The van der Waals surface area contributed by atoms with E-state index in [9.17, 15) is 9.59 Å². The van der Waals surface area contributed by atoms with Gasteiger partial charge in [0.25, 0.3) is 5.91 Å². The molecule has 0 atom stereocenters. The van der Waals surface area contributed by atoms with Crippen molar-refractivity contribution in [3.8, 4) is 11.3 Å². The van der Waals surface area contributed by atoms with Gasteiger partial charge in [0.1, 0.15) is 11.4 Å². The first-order valence-electron chi connectivity index (χ1n) is 10.00. The molecule has 9 heteroatoms. The highest BCUT2D eigenvalue weighted by Gasteiger charge is 2.18. The molecule has 3 aromatic carbocycles. The summed E-state index contributed by atoms with van der Waals surface area (Å²) in [5, 5.41) is 15.8. The van der Waals surface area contributed by atoms with E-state index in [1.807, 2.05) is 36.4 Å². The van der Waals surface area contributed by atoms with Crippen molar-refractivity contribution < 1.29 is 9.59 Å². The first-order valence-corrected chi connectivity index (χ1v) is 11.2. The van der Waals surface area contributed by atoms with Crippen molar-refractivity contribution in [2.24, 2.45) is 0 Å². The van der Waals surface area contributed by atoms with Crippen molar-refractivity contribution in [1.82, 2.24) is 15.5 Å². The monoisotopic (exact) mass is 523 g/mol. The van der Waals surface area contributed by atoms with Gasteiger partial charge in [-0.1, -0.05) is 66.2 Å². The number of amides is 3. The van der Waals surface area contributed by atoms with Crippen LogP contribution in [0.1, 0.15) is 16.1 Å². The topological polar surface area (TPSA) is 98.9 Å². The molecule has 0 aliphatic heterocycles. The molecular weight excluding hydrogens is 506 g/mol. The third kappa shape index (κ3) is 5.60. The lowest BCUT2D eigenvalue weighted by Crippen LogP contribution is -2.28. The fourth-order valence-corrected chi connectivity index (χ4v) is 3.90. The minimum absolute atomic E-state index is 0.270. The first kappa shape index (κ1) is 22.6. The maximum Gasteiger partial charge on any atom is 0.319 e. The minimum Gasteiger partial charge on any atom is -0.334 e. The van der Waals surface area contributed by atoms with E-state index in [2.05, 4.69) is 42.1 Å². The SMILES string of the molecule is O=C(NCc1cccc(NC(=O)c2[nH]nc(-c3ccccc3)c2Br)c1)Nc1ccccc1Cl. The van der Waals surface area contributed by atoms with Crippen molar-refractivity contribution in [2.45, 2.75) is 6.54 Å². The smallest absolute Gasteiger partial charge is 0.319 e. The molecule has 0 saturated carbocycles. The Morgan fingerprint density at radius 3 is 2.48 bits per heavy atom. The zero-order valence-corrected chi connectivity index (χ0v) is 19.6. The summed E-state index contributed by atoms with van der Waals surface area (Å²) in [6, 6.07) is 23.4. The first-order chi connectivity index (χ1) is 16.0. The third-order valence-electron chi connectivity index (χ3n) is 4.74. The number of para-hydroxylation sites is 1. The van der Waals surface area contributed by atoms with E-state index < -0.39 is 0 Å². The second kappa shape index (κ2) is 10.3. The number of nitrogens with zero attached hydrogens (tertiary/aromatic N) is 1. The summed E-state index contributed by atoms with van der Waals surface area (Å²) in [6.07, 6.45) is 0. The molecule has 0 saturated heterocycles. The van der Waals surface area contributed by atoms with Crippen LogP contribution < -0.4 is 16.0 Å². The van der Waals surface area contributed by atoms with E-state index >= 15 is 0 Å². The van der Waals surface area contributed by atoms with Crippen LogP contribution in [0.2, 0.25) is 5.02 Å². The van der Waals surface area contributed by atoms with Gasteiger partial charge < -0.3 is 16.0 Å². The van der Waals surface area contributed by atoms with Gasteiger partial charge in [-0.25, -0.2) is 4.79 Å². The molecule has 0 aliphatic rings. The van der Waals surface area contributed by atoms with Crippen LogP contribution in [0.3, 0.4) is 0 Å². The lowest BCUT2D eigenvalue weighted by atomic mass is 10.1. The van der Waals surface area contributed by atoms with E-state index in [1.54, 1.807) is 42.5 Å². The van der Waals surface area contributed by atoms with Gasteiger partial charge in [0, 0.05) is 17.8 Å². The Morgan fingerprint density at radius 1 is 0.939 bits per heavy atom. The van der Waals surface area contributed by atoms with Crippen molar-refractivity contribution in [1.29, 1.82) is 0 Å². The number of carbonyl (C=O) groups excluding carboxylic acids is 2. The number of aromatic nitrogens is 2. The van der Waals surface area contributed by atoms with Crippen molar-refractivity contribution in [3.63, 3.8) is 0 Å². The maximum atomic E-state index is 12.8. The van der Waals surface area contributed by atoms with Gasteiger partial charge in [0.15, 0.2) is 0 Å². The van der Waals surface area contributed by atoms with Crippen LogP contribution in [-0.2, 0) is 6.54 Å². The van der Waals surface area contributed by atoms with E-state index in [4.69, 9.17) is 11.6 Å². The molecule has 3 amide bonds. The molecule has 0 fully saturated rings. The molecule has 0 radical (unpaired) electrons. The van der Waals surface area contributed by atoms with Gasteiger partial charge in [-0.15, -0.1) is 0 Å². The highest BCUT2D eigenvalue weighted by atomic mass is 79.9. The number of hydrogen-bond acceptors (Lipinski definition) is 3. The number of H-pyrrole nitrogens is 1. The summed E-state index contributed by atoms with van der Waals surface area (Å²) in [5.74, 6) is -0.335. The molecule has 4 N–H and O–H groups in total.